The van der Waals surface area contributed by atoms with Crippen molar-refractivity contribution in [1.82, 2.24) is 5.32 Å². The first kappa shape index (κ1) is 18.0. The highest BCUT2D eigenvalue weighted by molar-refractivity contribution is 9.10. The van der Waals surface area contributed by atoms with Crippen LogP contribution in [-0.4, -0.2) is 25.9 Å². The Labute approximate surface area is 156 Å². The summed E-state index contributed by atoms with van der Waals surface area (Å²) in [4.78, 5) is 10.8. The highest BCUT2D eigenvalue weighted by Gasteiger charge is 2.35. The van der Waals surface area contributed by atoms with Crippen LogP contribution < -0.4 is 10.1 Å². The van der Waals surface area contributed by atoms with Crippen molar-refractivity contribution in [2.75, 3.05) is 19.9 Å². The lowest BCUT2D eigenvalue weighted by Crippen LogP contribution is -2.40. The molecule has 0 bridgehead atoms. The number of benzene rings is 2. The number of ether oxygens (including phenoxy) is 2. The SMILES string of the molecule is CC(=O)OCOc1ccc(C2(c3ccc(Br)cc3)CCNCC2)cc1. The average Bonchev–Trinajstić information content (AvgIpc) is 2.63. The fourth-order valence-electron chi connectivity index (χ4n) is 3.42. The lowest BCUT2D eigenvalue weighted by atomic mass is 9.68. The van der Waals surface area contributed by atoms with Crippen LogP contribution >= 0.6 is 15.9 Å². The Kier molecular flexibility index (Phi) is 5.76. The summed E-state index contributed by atoms with van der Waals surface area (Å²) in [6.07, 6.45) is 2.12. The maximum atomic E-state index is 10.8. The third-order valence-electron chi connectivity index (χ3n) is 4.75. The van der Waals surface area contributed by atoms with Crippen molar-refractivity contribution in [3.8, 4) is 5.75 Å². The smallest absolute Gasteiger partial charge is 0.305 e. The first-order valence-electron chi connectivity index (χ1n) is 8.44. The molecule has 132 valence electrons. The molecule has 2 aromatic rings. The maximum absolute atomic E-state index is 10.8. The number of rotatable bonds is 5. The van der Waals surface area contributed by atoms with Crippen LogP contribution in [0.3, 0.4) is 0 Å². The normalized spacial score (nSPS) is 16.2. The van der Waals surface area contributed by atoms with Crippen LogP contribution in [0.5, 0.6) is 5.75 Å². The number of hydrogen-bond acceptors (Lipinski definition) is 4. The van der Waals surface area contributed by atoms with E-state index in [1.807, 2.05) is 12.1 Å². The zero-order valence-corrected chi connectivity index (χ0v) is 15.8. The minimum absolute atomic E-state index is 0.0143. The van der Waals surface area contributed by atoms with Crippen LogP contribution in [0.4, 0.5) is 0 Å². The van der Waals surface area contributed by atoms with Gasteiger partial charge in [-0.2, -0.15) is 0 Å². The van der Waals surface area contributed by atoms with Gasteiger partial charge in [0.1, 0.15) is 5.75 Å². The molecule has 0 spiro atoms. The number of esters is 1. The van der Waals surface area contributed by atoms with Crippen molar-refractivity contribution in [3.63, 3.8) is 0 Å². The molecule has 1 fully saturated rings. The Hall–Kier alpha value is -1.85. The summed E-state index contributed by atoms with van der Waals surface area (Å²) in [5.74, 6) is 0.352. The number of halogens is 1. The van der Waals surface area contributed by atoms with Crippen molar-refractivity contribution >= 4 is 21.9 Å². The van der Waals surface area contributed by atoms with E-state index in [0.717, 1.165) is 30.4 Å². The van der Waals surface area contributed by atoms with E-state index in [4.69, 9.17) is 9.47 Å². The fraction of sp³-hybridized carbons (Fsp3) is 0.350. The molecule has 0 aromatic heterocycles. The third-order valence-corrected chi connectivity index (χ3v) is 5.28. The molecule has 0 aliphatic carbocycles. The molecule has 1 aliphatic rings. The fourth-order valence-corrected chi connectivity index (χ4v) is 3.68. The predicted molar refractivity (Wildman–Crippen MR) is 101 cm³/mol. The first-order valence-corrected chi connectivity index (χ1v) is 9.23. The zero-order chi connectivity index (χ0) is 17.7. The molecule has 0 unspecified atom stereocenters. The second kappa shape index (κ2) is 8.02. The minimum atomic E-state index is -0.347. The topological polar surface area (TPSA) is 47.6 Å². The van der Waals surface area contributed by atoms with Crippen LogP contribution in [0.2, 0.25) is 0 Å². The van der Waals surface area contributed by atoms with Crippen molar-refractivity contribution in [2.24, 2.45) is 0 Å². The van der Waals surface area contributed by atoms with Gasteiger partial charge in [0.2, 0.25) is 6.79 Å². The molecule has 0 amide bonds. The van der Waals surface area contributed by atoms with Gasteiger partial charge in [-0.1, -0.05) is 40.2 Å². The molecular weight excluding hydrogens is 382 g/mol. The zero-order valence-electron chi connectivity index (χ0n) is 14.3. The number of carbonyl (C=O) groups excluding carboxylic acids is 1. The van der Waals surface area contributed by atoms with Gasteiger partial charge < -0.3 is 14.8 Å². The Bertz CT molecular complexity index is 707. The molecule has 0 atom stereocenters. The number of carbonyl (C=O) groups is 1. The molecule has 3 rings (SSSR count). The maximum Gasteiger partial charge on any atom is 0.305 e. The Balaban J connectivity index is 1.84. The molecule has 0 radical (unpaired) electrons. The largest absolute Gasteiger partial charge is 0.457 e. The molecule has 5 heteroatoms. The van der Waals surface area contributed by atoms with E-state index in [1.165, 1.54) is 18.1 Å². The summed E-state index contributed by atoms with van der Waals surface area (Å²) >= 11 is 3.52. The highest BCUT2D eigenvalue weighted by Crippen LogP contribution is 2.41. The molecule has 1 aliphatic heterocycles. The van der Waals surface area contributed by atoms with E-state index in [0.29, 0.717) is 5.75 Å². The lowest BCUT2D eigenvalue weighted by molar-refractivity contribution is -0.147. The summed E-state index contributed by atoms with van der Waals surface area (Å²) < 4.78 is 11.4. The standard InChI is InChI=1S/C20H22BrNO3/c1-15(23)24-14-25-19-8-4-17(5-9-19)20(10-12-22-13-11-20)16-2-6-18(21)7-3-16/h2-9,22H,10-14H2,1H3. The summed E-state index contributed by atoms with van der Waals surface area (Å²) in [7, 11) is 0. The van der Waals surface area contributed by atoms with Gasteiger partial charge in [-0.05, 0) is 61.3 Å². The monoisotopic (exact) mass is 403 g/mol. The van der Waals surface area contributed by atoms with E-state index in [9.17, 15) is 4.79 Å². The highest BCUT2D eigenvalue weighted by atomic mass is 79.9. The predicted octanol–water partition coefficient (Wildman–Crippen LogP) is 4.02. The van der Waals surface area contributed by atoms with Crippen LogP contribution in [0.25, 0.3) is 0 Å². The molecule has 4 nitrogen and oxygen atoms in total. The van der Waals surface area contributed by atoms with E-state index in [2.05, 4.69) is 57.6 Å². The van der Waals surface area contributed by atoms with E-state index < -0.39 is 0 Å². The number of nitrogens with one attached hydrogen (secondary N) is 1. The van der Waals surface area contributed by atoms with Gasteiger partial charge in [-0.15, -0.1) is 0 Å². The van der Waals surface area contributed by atoms with E-state index >= 15 is 0 Å². The summed E-state index contributed by atoms with van der Waals surface area (Å²) in [6, 6.07) is 16.8. The molecule has 25 heavy (non-hydrogen) atoms. The van der Waals surface area contributed by atoms with Crippen molar-refractivity contribution < 1.29 is 14.3 Å². The van der Waals surface area contributed by atoms with Crippen LogP contribution in [-0.2, 0) is 14.9 Å². The van der Waals surface area contributed by atoms with Crippen molar-refractivity contribution in [3.05, 3.63) is 64.1 Å². The van der Waals surface area contributed by atoms with Gasteiger partial charge in [-0.25, -0.2) is 0 Å². The lowest BCUT2D eigenvalue weighted by Gasteiger charge is -2.39. The Morgan fingerprint density at radius 2 is 1.60 bits per heavy atom. The molecule has 1 saturated heterocycles. The van der Waals surface area contributed by atoms with Crippen LogP contribution in [0.1, 0.15) is 30.9 Å². The van der Waals surface area contributed by atoms with E-state index in [-0.39, 0.29) is 18.2 Å². The number of hydrogen-bond donors (Lipinski definition) is 1. The van der Waals surface area contributed by atoms with Gasteiger partial charge >= 0.3 is 5.97 Å². The molecule has 0 saturated carbocycles. The Morgan fingerprint density at radius 3 is 2.16 bits per heavy atom. The molecule has 2 aromatic carbocycles. The van der Waals surface area contributed by atoms with Crippen molar-refractivity contribution in [2.45, 2.75) is 25.2 Å². The Morgan fingerprint density at radius 1 is 1.04 bits per heavy atom. The first-order chi connectivity index (χ1) is 12.1. The average molecular weight is 404 g/mol. The quantitative estimate of drug-likeness (QED) is 0.604. The second-order valence-corrected chi connectivity index (χ2v) is 7.18. The summed E-state index contributed by atoms with van der Waals surface area (Å²) in [5, 5.41) is 3.46. The van der Waals surface area contributed by atoms with Gasteiger partial charge in [0.05, 0.1) is 0 Å². The van der Waals surface area contributed by atoms with Crippen LogP contribution in [0, 0.1) is 0 Å². The molecule has 1 heterocycles. The van der Waals surface area contributed by atoms with Gasteiger partial charge in [0, 0.05) is 16.8 Å². The second-order valence-electron chi connectivity index (χ2n) is 6.26. The number of piperidine rings is 1. The summed E-state index contributed by atoms with van der Waals surface area (Å²) in [5.41, 5.74) is 2.64. The molecular formula is C20H22BrNO3. The summed E-state index contributed by atoms with van der Waals surface area (Å²) in [6.45, 7) is 3.31. The van der Waals surface area contributed by atoms with Gasteiger partial charge in [0.15, 0.2) is 0 Å². The minimum Gasteiger partial charge on any atom is -0.457 e. The van der Waals surface area contributed by atoms with Gasteiger partial charge in [-0.3, -0.25) is 4.79 Å². The van der Waals surface area contributed by atoms with Crippen LogP contribution in [0.15, 0.2) is 53.0 Å². The van der Waals surface area contributed by atoms with E-state index in [1.54, 1.807) is 0 Å². The molecule has 1 N–H and O–H groups in total. The van der Waals surface area contributed by atoms with Gasteiger partial charge in [0.25, 0.3) is 0 Å². The van der Waals surface area contributed by atoms with Crippen molar-refractivity contribution in [1.29, 1.82) is 0 Å². The third kappa shape index (κ3) is 4.22.